The Hall–Kier alpha value is -0.410. The molecule has 2 aliphatic rings. The van der Waals surface area contributed by atoms with Crippen molar-refractivity contribution in [2.24, 2.45) is 0 Å². The van der Waals surface area contributed by atoms with E-state index < -0.39 is 0 Å². The van der Waals surface area contributed by atoms with Crippen LogP contribution < -0.4 is 5.32 Å². The smallest absolute Gasteiger partial charge is 0.146 e. The lowest BCUT2D eigenvalue weighted by Crippen LogP contribution is -2.56. The summed E-state index contributed by atoms with van der Waals surface area (Å²) >= 11 is 0. The molecule has 0 aromatic heterocycles. The summed E-state index contributed by atoms with van der Waals surface area (Å²) in [6, 6.07) is 0. The summed E-state index contributed by atoms with van der Waals surface area (Å²) in [6.07, 6.45) is 4.25. The second-order valence-corrected chi connectivity index (χ2v) is 4.48. The second kappa shape index (κ2) is 3.39. The van der Waals surface area contributed by atoms with Crippen molar-refractivity contribution in [2.75, 3.05) is 26.7 Å². The number of nitrogens with one attached hydrogen (secondary N) is 1. The first-order valence-corrected chi connectivity index (χ1v) is 5.16. The summed E-state index contributed by atoms with van der Waals surface area (Å²) in [5.41, 5.74) is 0.306. The first-order valence-electron chi connectivity index (χ1n) is 5.16. The topological polar surface area (TPSA) is 32.3 Å². The number of ketones is 1. The van der Waals surface area contributed by atoms with Crippen molar-refractivity contribution in [2.45, 2.75) is 31.2 Å². The number of hydrogen-bond acceptors (Lipinski definition) is 3. The van der Waals surface area contributed by atoms with Crippen LogP contribution >= 0.6 is 0 Å². The molecule has 74 valence electrons. The van der Waals surface area contributed by atoms with Crippen LogP contribution in [0, 0.1) is 0 Å². The minimum Gasteiger partial charge on any atom is -0.306 e. The monoisotopic (exact) mass is 182 g/mol. The normalized spacial score (nSPS) is 29.5. The number of likely N-dealkylation sites (tertiary alicyclic amines) is 1. The molecule has 0 aromatic carbocycles. The van der Waals surface area contributed by atoms with Crippen molar-refractivity contribution >= 4 is 5.78 Å². The molecule has 0 aliphatic carbocycles. The lowest BCUT2D eigenvalue weighted by Gasteiger charge is -2.43. The largest absolute Gasteiger partial charge is 0.306 e. The van der Waals surface area contributed by atoms with Gasteiger partial charge in [0.25, 0.3) is 0 Å². The zero-order valence-electron chi connectivity index (χ0n) is 8.31. The Kier molecular flexibility index (Phi) is 2.39. The SMILES string of the molecule is CN1CCC2(CCC(=O)CN2)CC1. The van der Waals surface area contributed by atoms with Crippen molar-refractivity contribution in [1.29, 1.82) is 0 Å². The van der Waals surface area contributed by atoms with E-state index in [9.17, 15) is 4.79 Å². The summed E-state index contributed by atoms with van der Waals surface area (Å²) in [4.78, 5) is 13.4. The molecule has 1 N–H and O–H groups in total. The van der Waals surface area contributed by atoms with E-state index in [-0.39, 0.29) is 0 Å². The quantitative estimate of drug-likeness (QED) is 0.588. The molecule has 0 amide bonds. The van der Waals surface area contributed by atoms with E-state index in [0.717, 1.165) is 12.8 Å². The number of hydrogen-bond donors (Lipinski definition) is 1. The Morgan fingerprint density at radius 2 is 2.00 bits per heavy atom. The molecular formula is C10H18N2O. The van der Waals surface area contributed by atoms with Gasteiger partial charge in [-0.3, -0.25) is 4.79 Å². The Morgan fingerprint density at radius 1 is 1.31 bits per heavy atom. The van der Waals surface area contributed by atoms with Crippen LogP contribution in [0.5, 0.6) is 0 Å². The number of rotatable bonds is 0. The number of nitrogens with zero attached hydrogens (tertiary/aromatic N) is 1. The van der Waals surface area contributed by atoms with E-state index in [1.807, 2.05) is 0 Å². The molecule has 0 bridgehead atoms. The molecule has 3 nitrogen and oxygen atoms in total. The van der Waals surface area contributed by atoms with Crippen molar-refractivity contribution in [3.8, 4) is 0 Å². The van der Waals surface area contributed by atoms with Crippen LogP contribution in [-0.2, 0) is 4.79 Å². The molecule has 13 heavy (non-hydrogen) atoms. The van der Waals surface area contributed by atoms with E-state index in [1.165, 1.54) is 25.9 Å². The molecular weight excluding hydrogens is 164 g/mol. The third kappa shape index (κ3) is 1.92. The van der Waals surface area contributed by atoms with E-state index in [4.69, 9.17) is 0 Å². The van der Waals surface area contributed by atoms with Crippen LogP contribution in [0.15, 0.2) is 0 Å². The summed E-state index contributed by atoms with van der Waals surface area (Å²) < 4.78 is 0. The lowest BCUT2D eigenvalue weighted by molar-refractivity contribution is -0.121. The van der Waals surface area contributed by atoms with Crippen LogP contribution in [0.3, 0.4) is 0 Å². The van der Waals surface area contributed by atoms with Crippen molar-refractivity contribution in [3.05, 3.63) is 0 Å². The molecule has 0 unspecified atom stereocenters. The van der Waals surface area contributed by atoms with Gasteiger partial charge in [-0.1, -0.05) is 0 Å². The van der Waals surface area contributed by atoms with E-state index in [0.29, 0.717) is 17.9 Å². The summed E-state index contributed by atoms with van der Waals surface area (Å²) in [5, 5.41) is 3.43. The minimum absolute atomic E-state index is 0.306. The highest BCUT2D eigenvalue weighted by Crippen LogP contribution is 2.28. The molecule has 2 rings (SSSR count). The van der Waals surface area contributed by atoms with Crippen LogP contribution in [0.4, 0.5) is 0 Å². The fourth-order valence-electron chi connectivity index (χ4n) is 2.31. The molecule has 2 aliphatic heterocycles. The first-order chi connectivity index (χ1) is 6.20. The molecule has 0 aromatic rings. The van der Waals surface area contributed by atoms with Crippen molar-refractivity contribution in [1.82, 2.24) is 10.2 Å². The first kappa shape index (κ1) is 9.16. The van der Waals surface area contributed by atoms with Gasteiger partial charge in [-0.2, -0.15) is 0 Å². The highest BCUT2D eigenvalue weighted by atomic mass is 16.1. The van der Waals surface area contributed by atoms with E-state index in [2.05, 4.69) is 17.3 Å². The Balaban J connectivity index is 1.94. The third-order valence-corrected chi connectivity index (χ3v) is 3.49. The molecule has 2 saturated heterocycles. The van der Waals surface area contributed by atoms with Gasteiger partial charge in [-0.25, -0.2) is 0 Å². The minimum atomic E-state index is 0.306. The van der Waals surface area contributed by atoms with Gasteiger partial charge < -0.3 is 10.2 Å². The van der Waals surface area contributed by atoms with Gasteiger partial charge in [-0.15, -0.1) is 0 Å². The maximum atomic E-state index is 11.1. The molecule has 2 fully saturated rings. The Bertz CT molecular complexity index is 195. The highest BCUT2D eigenvalue weighted by Gasteiger charge is 2.36. The second-order valence-electron chi connectivity index (χ2n) is 4.48. The van der Waals surface area contributed by atoms with Crippen LogP contribution in [0.1, 0.15) is 25.7 Å². The van der Waals surface area contributed by atoms with Gasteiger partial charge in [0.15, 0.2) is 0 Å². The predicted molar refractivity (Wildman–Crippen MR) is 51.7 cm³/mol. The Labute approximate surface area is 79.5 Å². The van der Waals surface area contributed by atoms with Gasteiger partial charge in [0.05, 0.1) is 6.54 Å². The lowest BCUT2D eigenvalue weighted by atomic mass is 9.80. The summed E-state index contributed by atoms with van der Waals surface area (Å²) in [5.74, 6) is 0.379. The average molecular weight is 182 g/mol. The van der Waals surface area contributed by atoms with Gasteiger partial charge in [0, 0.05) is 12.0 Å². The molecule has 0 saturated carbocycles. The van der Waals surface area contributed by atoms with E-state index >= 15 is 0 Å². The maximum absolute atomic E-state index is 11.1. The maximum Gasteiger partial charge on any atom is 0.146 e. The van der Waals surface area contributed by atoms with Gasteiger partial charge in [-0.05, 0) is 39.4 Å². The van der Waals surface area contributed by atoms with Gasteiger partial charge >= 0.3 is 0 Å². The fourth-order valence-corrected chi connectivity index (χ4v) is 2.31. The van der Waals surface area contributed by atoms with Gasteiger partial charge in [0.1, 0.15) is 5.78 Å². The molecule has 2 heterocycles. The van der Waals surface area contributed by atoms with Crippen molar-refractivity contribution < 1.29 is 4.79 Å². The third-order valence-electron chi connectivity index (χ3n) is 3.49. The molecule has 0 radical (unpaired) electrons. The summed E-state index contributed by atoms with van der Waals surface area (Å²) in [7, 11) is 2.17. The van der Waals surface area contributed by atoms with Crippen LogP contribution in [-0.4, -0.2) is 42.9 Å². The Morgan fingerprint density at radius 3 is 2.54 bits per heavy atom. The number of carbonyl (C=O) groups excluding carboxylic acids is 1. The van der Waals surface area contributed by atoms with Gasteiger partial charge in [0.2, 0.25) is 0 Å². The highest BCUT2D eigenvalue weighted by molar-refractivity contribution is 5.81. The zero-order valence-corrected chi connectivity index (χ0v) is 8.31. The molecule has 3 heteroatoms. The van der Waals surface area contributed by atoms with Crippen LogP contribution in [0.2, 0.25) is 0 Å². The molecule has 0 atom stereocenters. The average Bonchev–Trinajstić information content (AvgIpc) is 2.16. The fraction of sp³-hybridized carbons (Fsp3) is 0.900. The zero-order chi connectivity index (χ0) is 9.31. The summed E-state index contributed by atoms with van der Waals surface area (Å²) in [6.45, 7) is 2.94. The van der Waals surface area contributed by atoms with Crippen LogP contribution in [0.25, 0.3) is 0 Å². The molecule has 1 spiro atoms. The predicted octanol–water partition coefficient (Wildman–Crippen LogP) is 0.403. The van der Waals surface area contributed by atoms with E-state index in [1.54, 1.807) is 0 Å². The van der Waals surface area contributed by atoms with Crippen molar-refractivity contribution in [3.63, 3.8) is 0 Å². The number of piperidine rings is 2. The number of carbonyl (C=O) groups is 1. The number of Topliss-reactive ketones (excluding diaryl/α,β-unsaturated/α-hetero) is 1. The standard InChI is InChI=1S/C10H18N2O/c1-12-6-4-10(5-7-12)3-2-9(13)8-11-10/h11H,2-8H2,1H3.